The molecule has 160 valence electrons. The van der Waals surface area contributed by atoms with E-state index in [0.717, 1.165) is 10.6 Å². The number of carbonyl (C=O) groups excluding carboxylic acids is 1. The number of nitrogens with zero attached hydrogens (tertiary/aromatic N) is 4. The molecule has 1 amide bonds. The summed E-state index contributed by atoms with van der Waals surface area (Å²) in [5, 5.41) is 12.3. The summed E-state index contributed by atoms with van der Waals surface area (Å²) < 4.78 is 13.2. The molecular formula is C20H25N5O3S2. The second-order valence-corrected chi connectivity index (χ2v) is 9.23. The maximum absolute atomic E-state index is 12.5. The standard InChI is InChI=1S/C20H25N5O3S2/c1-11-13(3)29-19(21-11)22-18(26)14(4)30-20-24-23-17(25(20)5)12(2)28-16-10-8-7-9-15(16)27-6/h7-10,12,14H,1-6H3,(H,21,22,26). The largest absolute Gasteiger partial charge is 0.493 e. The Kier molecular flexibility index (Phi) is 6.99. The van der Waals surface area contributed by atoms with Crippen LogP contribution in [0.1, 0.15) is 36.3 Å². The number of para-hydroxylation sites is 2. The van der Waals surface area contributed by atoms with Gasteiger partial charge in [-0.2, -0.15) is 0 Å². The monoisotopic (exact) mass is 447 g/mol. The molecule has 0 aliphatic heterocycles. The number of thioether (sulfide) groups is 1. The average molecular weight is 448 g/mol. The van der Waals surface area contributed by atoms with Crippen molar-refractivity contribution in [2.45, 2.75) is 44.2 Å². The molecule has 2 unspecified atom stereocenters. The van der Waals surface area contributed by atoms with Gasteiger partial charge >= 0.3 is 0 Å². The first-order chi connectivity index (χ1) is 14.3. The molecule has 10 heteroatoms. The van der Waals surface area contributed by atoms with Crippen LogP contribution in [0, 0.1) is 13.8 Å². The summed E-state index contributed by atoms with van der Waals surface area (Å²) in [6, 6.07) is 7.45. The van der Waals surface area contributed by atoms with Crippen LogP contribution in [0.25, 0.3) is 0 Å². The van der Waals surface area contributed by atoms with Gasteiger partial charge in [-0.15, -0.1) is 21.5 Å². The molecule has 30 heavy (non-hydrogen) atoms. The molecular weight excluding hydrogens is 422 g/mol. The van der Waals surface area contributed by atoms with Gasteiger partial charge < -0.3 is 19.4 Å². The summed E-state index contributed by atoms with van der Waals surface area (Å²) in [7, 11) is 3.46. The van der Waals surface area contributed by atoms with Gasteiger partial charge in [0.25, 0.3) is 0 Å². The second kappa shape index (κ2) is 9.48. The summed E-state index contributed by atoms with van der Waals surface area (Å²) in [5.74, 6) is 1.81. The molecule has 0 saturated carbocycles. The Morgan fingerprint density at radius 3 is 2.53 bits per heavy atom. The predicted octanol–water partition coefficient (Wildman–Crippen LogP) is 4.16. The van der Waals surface area contributed by atoms with E-state index in [-0.39, 0.29) is 17.3 Å². The van der Waals surface area contributed by atoms with Crippen molar-refractivity contribution in [3.63, 3.8) is 0 Å². The average Bonchev–Trinajstić information content (AvgIpc) is 3.23. The Bertz CT molecular complexity index is 1010. The lowest BCUT2D eigenvalue weighted by molar-refractivity contribution is -0.115. The maximum atomic E-state index is 12.5. The minimum Gasteiger partial charge on any atom is -0.493 e. The summed E-state index contributed by atoms with van der Waals surface area (Å²) in [6.07, 6.45) is -0.349. The van der Waals surface area contributed by atoms with Crippen molar-refractivity contribution in [2.75, 3.05) is 12.4 Å². The minimum absolute atomic E-state index is 0.128. The SMILES string of the molecule is COc1ccccc1OC(C)c1nnc(SC(C)C(=O)Nc2nc(C)c(C)s2)n1C. The summed E-state index contributed by atoms with van der Waals surface area (Å²) in [6.45, 7) is 7.63. The number of thiazole rings is 1. The van der Waals surface area contributed by atoms with Crippen LogP contribution >= 0.6 is 23.1 Å². The molecule has 3 rings (SSSR count). The highest BCUT2D eigenvalue weighted by Crippen LogP contribution is 2.31. The van der Waals surface area contributed by atoms with Crippen LogP contribution in [0.2, 0.25) is 0 Å². The fourth-order valence-electron chi connectivity index (χ4n) is 2.69. The van der Waals surface area contributed by atoms with Gasteiger partial charge in [0, 0.05) is 11.9 Å². The quantitative estimate of drug-likeness (QED) is 0.519. The molecule has 2 aromatic heterocycles. The number of aryl methyl sites for hydroxylation is 2. The van der Waals surface area contributed by atoms with Crippen molar-refractivity contribution >= 4 is 34.1 Å². The molecule has 0 saturated heterocycles. The molecule has 0 fully saturated rings. The van der Waals surface area contributed by atoms with Crippen LogP contribution in [0.5, 0.6) is 11.5 Å². The van der Waals surface area contributed by atoms with Crippen LogP contribution in [0.4, 0.5) is 5.13 Å². The minimum atomic E-state index is -0.365. The smallest absolute Gasteiger partial charge is 0.239 e. The van der Waals surface area contributed by atoms with Gasteiger partial charge in [0.1, 0.15) is 0 Å². The van der Waals surface area contributed by atoms with Gasteiger partial charge in [0.2, 0.25) is 5.91 Å². The van der Waals surface area contributed by atoms with E-state index in [0.29, 0.717) is 27.6 Å². The Morgan fingerprint density at radius 1 is 1.20 bits per heavy atom. The van der Waals surface area contributed by atoms with Gasteiger partial charge in [-0.05, 0) is 39.8 Å². The number of aromatic nitrogens is 4. The number of benzene rings is 1. The fourth-order valence-corrected chi connectivity index (χ4v) is 4.33. The van der Waals surface area contributed by atoms with Crippen LogP contribution in [0.15, 0.2) is 29.4 Å². The zero-order valence-corrected chi connectivity index (χ0v) is 19.4. The van der Waals surface area contributed by atoms with Gasteiger partial charge in [-0.1, -0.05) is 23.9 Å². The van der Waals surface area contributed by atoms with E-state index >= 15 is 0 Å². The first-order valence-electron chi connectivity index (χ1n) is 9.40. The van der Waals surface area contributed by atoms with E-state index in [2.05, 4.69) is 20.5 Å². The molecule has 1 aromatic carbocycles. The van der Waals surface area contributed by atoms with E-state index < -0.39 is 0 Å². The molecule has 0 spiro atoms. The number of anilines is 1. The van der Waals surface area contributed by atoms with E-state index in [1.54, 1.807) is 7.11 Å². The molecule has 3 aromatic rings. The van der Waals surface area contributed by atoms with Crippen molar-refractivity contribution in [3.8, 4) is 11.5 Å². The Balaban J connectivity index is 1.66. The maximum Gasteiger partial charge on any atom is 0.239 e. The van der Waals surface area contributed by atoms with Gasteiger partial charge in [0.15, 0.2) is 33.7 Å². The van der Waals surface area contributed by atoms with Gasteiger partial charge in [-0.25, -0.2) is 4.98 Å². The summed E-state index contributed by atoms with van der Waals surface area (Å²) in [5.41, 5.74) is 0.928. The number of nitrogens with one attached hydrogen (secondary N) is 1. The first-order valence-corrected chi connectivity index (χ1v) is 11.1. The number of ether oxygens (including phenoxy) is 2. The van der Waals surface area contributed by atoms with E-state index in [9.17, 15) is 4.79 Å². The lowest BCUT2D eigenvalue weighted by atomic mass is 10.3. The Hall–Kier alpha value is -2.59. The van der Waals surface area contributed by atoms with Crippen molar-refractivity contribution in [1.29, 1.82) is 0 Å². The zero-order valence-electron chi connectivity index (χ0n) is 17.8. The number of hydrogen-bond donors (Lipinski definition) is 1. The third-order valence-corrected chi connectivity index (χ3v) is 6.64. The van der Waals surface area contributed by atoms with Gasteiger partial charge in [-0.3, -0.25) is 4.79 Å². The van der Waals surface area contributed by atoms with E-state index in [1.807, 2.05) is 63.6 Å². The van der Waals surface area contributed by atoms with E-state index in [1.165, 1.54) is 23.1 Å². The lowest BCUT2D eigenvalue weighted by Crippen LogP contribution is -2.22. The Morgan fingerprint density at radius 2 is 1.90 bits per heavy atom. The number of rotatable bonds is 8. The molecule has 0 aliphatic rings. The second-order valence-electron chi connectivity index (χ2n) is 6.72. The predicted molar refractivity (Wildman–Crippen MR) is 119 cm³/mol. The molecule has 0 radical (unpaired) electrons. The molecule has 1 N–H and O–H groups in total. The normalized spacial score (nSPS) is 13.0. The third kappa shape index (κ3) is 4.93. The summed E-state index contributed by atoms with van der Waals surface area (Å²) >= 11 is 2.80. The number of amides is 1. The Labute approximate surface area is 184 Å². The number of hydrogen-bond acceptors (Lipinski definition) is 8. The highest BCUT2D eigenvalue weighted by atomic mass is 32.2. The number of carbonyl (C=O) groups is 1. The van der Waals surface area contributed by atoms with E-state index in [4.69, 9.17) is 9.47 Å². The number of methoxy groups -OCH3 is 1. The van der Waals surface area contributed by atoms with Crippen molar-refractivity contribution in [1.82, 2.24) is 19.7 Å². The molecule has 2 atom stereocenters. The van der Waals surface area contributed by atoms with Crippen LogP contribution < -0.4 is 14.8 Å². The zero-order chi connectivity index (χ0) is 21.8. The summed E-state index contributed by atoms with van der Waals surface area (Å²) in [4.78, 5) is 18.0. The molecule has 2 heterocycles. The van der Waals surface area contributed by atoms with Crippen LogP contribution in [-0.2, 0) is 11.8 Å². The van der Waals surface area contributed by atoms with Crippen molar-refractivity contribution in [3.05, 3.63) is 40.7 Å². The lowest BCUT2D eigenvalue weighted by Gasteiger charge is -2.16. The van der Waals surface area contributed by atoms with Crippen LogP contribution in [0.3, 0.4) is 0 Å². The fraction of sp³-hybridized carbons (Fsp3) is 0.400. The van der Waals surface area contributed by atoms with Gasteiger partial charge in [0.05, 0.1) is 18.1 Å². The van der Waals surface area contributed by atoms with Crippen molar-refractivity contribution < 1.29 is 14.3 Å². The molecule has 0 bridgehead atoms. The first kappa shape index (κ1) is 22.1. The molecule has 8 nitrogen and oxygen atoms in total. The van der Waals surface area contributed by atoms with Crippen molar-refractivity contribution in [2.24, 2.45) is 7.05 Å². The topological polar surface area (TPSA) is 91.2 Å². The van der Waals surface area contributed by atoms with Crippen LogP contribution in [-0.4, -0.2) is 38.0 Å². The highest BCUT2D eigenvalue weighted by molar-refractivity contribution is 8.00. The highest BCUT2D eigenvalue weighted by Gasteiger charge is 2.23. The molecule has 0 aliphatic carbocycles. The third-order valence-electron chi connectivity index (χ3n) is 4.52.